The Hall–Kier alpha value is -0.610. The van der Waals surface area contributed by atoms with E-state index in [1.54, 1.807) is 7.11 Å². The molecular weight excluding hydrogens is 166 g/mol. The molecule has 0 bridgehead atoms. The summed E-state index contributed by atoms with van der Waals surface area (Å²) in [7, 11) is 1.76. The highest BCUT2D eigenvalue weighted by Gasteiger charge is 2.18. The number of nitrogens with two attached hydrogens (primary N) is 1. The first kappa shape index (κ1) is 10.5. The molecule has 0 amide bonds. The van der Waals surface area contributed by atoms with E-state index in [1.165, 1.54) is 6.42 Å². The molecule has 0 radical (unpaired) electrons. The van der Waals surface area contributed by atoms with E-state index in [2.05, 4.69) is 4.90 Å². The van der Waals surface area contributed by atoms with Gasteiger partial charge in [-0.15, -0.1) is 0 Å². The predicted octanol–water partition coefficient (Wildman–Crippen LogP) is 0.423. The van der Waals surface area contributed by atoms with Gasteiger partial charge in [-0.05, 0) is 19.4 Å². The lowest BCUT2D eigenvalue weighted by Gasteiger charge is -2.31. The molecule has 13 heavy (non-hydrogen) atoms. The van der Waals surface area contributed by atoms with Gasteiger partial charge in [0.05, 0.1) is 11.9 Å². The van der Waals surface area contributed by atoms with Gasteiger partial charge in [0.2, 0.25) is 0 Å². The van der Waals surface area contributed by atoms with E-state index in [0.717, 1.165) is 26.1 Å². The summed E-state index contributed by atoms with van der Waals surface area (Å²) >= 11 is 0. The molecule has 4 nitrogen and oxygen atoms in total. The molecule has 0 spiro atoms. The van der Waals surface area contributed by atoms with Crippen LogP contribution in [0, 0.1) is 5.41 Å². The predicted molar refractivity (Wildman–Crippen MR) is 53.0 cm³/mol. The minimum absolute atomic E-state index is 0.277. The van der Waals surface area contributed by atoms with Crippen LogP contribution >= 0.6 is 0 Å². The molecule has 1 heterocycles. The number of rotatable bonds is 4. The topological polar surface area (TPSA) is 62.3 Å². The van der Waals surface area contributed by atoms with Crippen molar-refractivity contribution in [3.8, 4) is 0 Å². The number of nitrogens with one attached hydrogen (secondary N) is 1. The van der Waals surface area contributed by atoms with Gasteiger partial charge in [-0.3, -0.25) is 5.41 Å². The van der Waals surface area contributed by atoms with E-state index in [4.69, 9.17) is 15.9 Å². The van der Waals surface area contributed by atoms with Gasteiger partial charge in [0.1, 0.15) is 0 Å². The van der Waals surface area contributed by atoms with Crippen molar-refractivity contribution >= 4 is 5.84 Å². The van der Waals surface area contributed by atoms with Gasteiger partial charge in [-0.25, -0.2) is 0 Å². The van der Waals surface area contributed by atoms with Gasteiger partial charge < -0.3 is 15.4 Å². The van der Waals surface area contributed by atoms with E-state index in [-0.39, 0.29) is 5.84 Å². The third-order valence-electron chi connectivity index (χ3n) is 2.49. The Morgan fingerprint density at radius 3 is 3.08 bits per heavy atom. The van der Waals surface area contributed by atoms with Crippen LogP contribution in [-0.2, 0) is 4.74 Å². The molecule has 4 heteroatoms. The molecule has 1 atom stereocenters. The Balaban J connectivity index is 2.21. The lowest BCUT2D eigenvalue weighted by atomic mass is 10.1. The number of likely N-dealkylation sites (tertiary alicyclic amines) is 1. The molecular formula is C9H19N3O. The standard InChI is InChI=1S/C9H19N3O/c1-13-8-3-2-5-12(7-8)6-4-9(10)11/h8H,2-7H2,1H3,(H3,10,11). The summed E-state index contributed by atoms with van der Waals surface area (Å²) in [5, 5.41) is 7.13. The van der Waals surface area contributed by atoms with Crippen molar-refractivity contribution in [2.75, 3.05) is 26.7 Å². The Kier molecular flexibility index (Phi) is 4.18. The highest BCUT2D eigenvalue weighted by atomic mass is 16.5. The van der Waals surface area contributed by atoms with Crippen molar-refractivity contribution in [3.05, 3.63) is 0 Å². The zero-order valence-corrected chi connectivity index (χ0v) is 8.25. The van der Waals surface area contributed by atoms with Crippen LogP contribution in [0.25, 0.3) is 0 Å². The van der Waals surface area contributed by atoms with Crippen LogP contribution in [0.2, 0.25) is 0 Å². The number of piperidine rings is 1. The van der Waals surface area contributed by atoms with E-state index >= 15 is 0 Å². The van der Waals surface area contributed by atoms with E-state index in [9.17, 15) is 0 Å². The first-order chi connectivity index (χ1) is 6.22. The Morgan fingerprint density at radius 2 is 2.46 bits per heavy atom. The summed E-state index contributed by atoms with van der Waals surface area (Å²) in [4.78, 5) is 2.32. The Morgan fingerprint density at radius 1 is 1.69 bits per heavy atom. The minimum atomic E-state index is 0.277. The van der Waals surface area contributed by atoms with Gasteiger partial charge in [0, 0.05) is 26.6 Å². The van der Waals surface area contributed by atoms with Crippen LogP contribution in [-0.4, -0.2) is 43.6 Å². The maximum atomic E-state index is 7.13. The monoisotopic (exact) mass is 185 g/mol. The summed E-state index contributed by atoms with van der Waals surface area (Å²) in [5.74, 6) is 0.277. The zero-order valence-electron chi connectivity index (χ0n) is 8.25. The molecule has 1 saturated heterocycles. The van der Waals surface area contributed by atoms with Crippen LogP contribution in [0.15, 0.2) is 0 Å². The zero-order chi connectivity index (χ0) is 9.68. The first-order valence-corrected chi connectivity index (χ1v) is 4.80. The van der Waals surface area contributed by atoms with Gasteiger partial charge in [-0.2, -0.15) is 0 Å². The van der Waals surface area contributed by atoms with E-state index in [0.29, 0.717) is 12.5 Å². The molecule has 0 aliphatic carbocycles. The molecule has 1 fully saturated rings. The molecule has 1 aliphatic heterocycles. The summed E-state index contributed by atoms with van der Waals surface area (Å²) < 4.78 is 5.30. The van der Waals surface area contributed by atoms with Crippen molar-refractivity contribution in [2.24, 2.45) is 5.73 Å². The average Bonchev–Trinajstić information content (AvgIpc) is 2.15. The third-order valence-corrected chi connectivity index (χ3v) is 2.49. The number of hydrogen-bond donors (Lipinski definition) is 2. The Bertz CT molecular complexity index is 172. The molecule has 0 aromatic heterocycles. The van der Waals surface area contributed by atoms with Crippen LogP contribution in [0.3, 0.4) is 0 Å². The number of ether oxygens (including phenoxy) is 1. The number of nitrogens with zero attached hydrogens (tertiary/aromatic N) is 1. The van der Waals surface area contributed by atoms with Crippen LogP contribution in [0.4, 0.5) is 0 Å². The second-order valence-corrected chi connectivity index (χ2v) is 3.58. The molecule has 3 N–H and O–H groups in total. The highest BCUT2D eigenvalue weighted by molar-refractivity contribution is 5.76. The van der Waals surface area contributed by atoms with Gasteiger partial charge in [0.15, 0.2) is 0 Å². The fourth-order valence-electron chi connectivity index (χ4n) is 1.69. The maximum absolute atomic E-state index is 7.13. The lowest BCUT2D eigenvalue weighted by molar-refractivity contribution is 0.0324. The largest absolute Gasteiger partial charge is 0.388 e. The highest BCUT2D eigenvalue weighted by Crippen LogP contribution is 2.12. The smallest absolute Gasteiger partial charge is 0.0918 e. The second-order valence-electron chi connectivity index (χ2n) is 3.58. The fourth-order valence-corrected chi connectivity index (χ4v) is 1.69. The summed E-state index contributed by atoms with van der Waals surface area (Å²) in [5.41, 5.74) is 5.30. The fraction of sp³-hybridized carbons (Fsp3) is 0.889. The molecule has 76 valence electrons. The Labute approximate surface area is 79.6 Å². The molecule has 0 saturated carbocycles. The average molecular weight is 185 g/mol. The van der Waals surface area contributed by atoms with Crippen molar-refractivity contribution in [3.63, 3.8) is 0 Å². The van der Waals surface area contributed by atoms with Crippen molar-refractivity contribution in [1.82, 2.24) is 4.90 Å². The SMILES string of the molecule is COC1CCCN(CCC(=N)N)C1. The quantitative estimate of drug-likeness (QED) is 0.493. The van der Waals surface area contributed by atoms with Crippen molar-refractivity contribution < 1.29 is 4.74 Å². The van der Waals surface area contributed by atoms with Gasteiger partial charge >= 0.3 is 0 Å². The molecule has 1 rings (SSSR count). The second kappa shape index (κ2) is 5.19. The number of hydrogen-bond acceptors (Lipinski definition) is 3. The van der Waals surface area contributed by atoms with Crippen LogP contribution in [0.1, 0.15) is 19.3 Å². The van der Waals surface area contributed by atoms with Crippen LogP contribution < -0.4 is 5.73 Å². The molecule has 1 aliphatic rings. The van der Waals surface area contributed by atoms with Crippen LogP contribution in [0.5, 0.6) is 0 Å². The summed E-state index contributed by atoms with van der Waals surface area (Å²) in [6.07, 6.45) is 3.40. The molecule has 0 aromatic carbocycles. The van der Waals surface area contributed by atoms with E-state index in [1.807, 2.05) is 0 Å². The summed E-state index contributed by atoms with van der Waals surface area (Å²) in [6.45, 7) is 3.01. The first-order valence-electron chi connectivity index (χ1n) is 4.80. The minimum Gasteiger partial charge on any atom is -0.388 e. The van der Waals surface area contributed by atoms with Crippen molar-refractivity contribution in [2.45, 2.75) is 25.4 Å². The van der Waals surface area contributed by atoms with E-state index < -0.39 is 0 Å². The van der Waals surface area contributed by atoms with Gasteiger partial charge in [-0.1, -0.05) is 0 Å². The number of methoxy groups -OCH3 is 1. The van der Waals surface area contributed by atoms with Crippen molar-refractivity contribution in [1.29, 1.82) is 5.41 Å². The van der Waals surface area contributed by atoms with Gasteiger partial charge in [0.25, 0.3) is 0 Å². The normalized spacial score (nSPS) is 24.5. The molecule has 1 unspecified atom stereocenters. The summed E-state index contributed by atoms with van der Waals surface area (Å²) in [6, 6.07) is 0. The third kappa shape index (κ3) is 3.74. The number of amidine groups is 1. The lowest BCUT2D eigenvalue weighted by Crippen LogP contribution is -2.40. The maximum Gasteiger partial charge on any atom is 0.0918 e. The molecule has 0 aromatic rings.